The molecule has 1 heterocycles. The summed E-state index contributed by atoms with van der Waals surface area (Å²) in [4.78, 5) is 23.5. The highest BCUT2D eigenvalue weighted by atomic mass is 16.5. The fourth-order valence-corrected chi connectivity index (χ4v) is 1.69. The first-order valence-corrected chi connectivity index (χ1v) is 7.35. The van der Waals surface area contributed by atoms with Crippen molar-refractivity contribution in [1.29, 1.82) is 0 Å². The van der Waals surface area contributed by atoms with Gasteiger partial charge in [-0.2, -0.15) is 15.0 Å². The van der Waals surface area contributed by atoms with Gasteiger partial charge >= 0.3 is 6.01 Å². The van der Waals surface area contributed by atoms with Crippen LogP contribution in [0.15, 0.2) is 0 Å². The molecule has 0 bridgehead atoms. The van der Waals surface area contributed by atoms with E-state index in [1.54, 1.807) is 0 Å². The molecule has 1 aromatic rings. The van der Waals surface area contributed by atoms with Gasteiger partial charge in [-0.1, -0.05) is 6.92 Å². The molecule has 1 aliphatic carbocycles. The van der Waals surface area contributed by atoms with Crippen LogP contribution in [0.5, 0.6) is 6.01 Å². The van der Waals surface area contributed by atoms with Crippen LogP contribution < -0.4 is 21.1 Å². The smallest absolute Gasteiger partial charge is 0.323 e. The van der Waals surface area contributed by atoms with E-state index in [9.17, 15) is 4.79 Å². The van der Waals surface area contributed by atoms with Crippen molar-refractivity contribution < 1.29 is 9.53 Å². The second-order valence-electron chi connectivity index (χ2n) is 5.02. The highest BCUT2D eigenvalue weighted by Gasteiger charge is 2.22. The number of hydrogen-bond donors (Lipinski definition) is 3. The Kier molecular flexibility index (Phi) is 5.53. The molecule has 2 rings (SSSR count). The Hall–Kier alpha value is -2.12. The summed E-state index contributed by atoms with van der Waals surface area (Å²) in [6.45, 7) is 3.12. The van der Waals surface area contributed by atoms with Gasteiger partial charge in [-0.3, -0.25) is 4.79 Å². The van der Waals surface area contributed by atoms with E-state index in [1.807, 2.05) is 6.92 Å². The largest absolute Gasteiger partial charge is 0.463 e. The molecule has 0 saturated heterocycles. The molecule has 8 heteroatoms. The number of carbonyl (C=O) groups is 1. The van der Waals surface area contributed by atoms with E-state index in [-0.39, 0.29) is 17.9 Å². The molecule has 116 valence electrons. The average molecular weight is 294 g/mol. The van der Waals surface area contributed by atoms with E-state index in [2.05, 4.69) is 25.6 Å². The molecule has 4 N–H and O–H groups in total. The molecule has 0 radical (unpaired) electrons. The maximum Gasteiger partial charge on any atom is 0.323 e. The summed E-state index contributed by atoms with van der Waals surface area (Å²) in [5.74, 6) is 0.586. The molecule has 8 nitrogen and oxygen atoms in total. The monoisotopic (exact) mass is 294 g/mol. The number of ether oxygens (including phenoxy) is 1. The molecule has 0 unspecified atom stereocenters. The van der Waals surface area contributed by atoms with Crippen LogP contribution in [0.2, 0.25) is 0 Å². The Balaban J connectivity index is 1.71. The summed E-state index contributed by atoms with van der Waals surface area (Å²) in [5.41, 5.74) is 5.60. The molecule has 1 fully saturated rings. The molecule has 1 aromatic heterocycles. The van der Waals surface area contributed by atoms with Crippen LogP contribution in [-0.4, -0.2) is 40.1 Å². The number of nitrogen functional groups attached to an aromatic ring is 1. The zero-order valence-electron chi connectivity index (χ0n) is 12.3. The first-order chi connectivity index (χ1) is 10.2. The van der Waals surface area contributed by atoms with E-state index in [0.29, 0.717) is 38.0 Å². The number of anilines is 2. The van der Waals surface area contributed by atoms with E-state index in [0.717, 1.165) is 19.3 Å². The predicted octanol–water partition coefficient (Wildman–Crippen LogP) is 0.713. The molecular formula is C13H22N6O2. The number of hydrogen-bond acceptors (Lipinski definition) is 7. The van der Waals surface area contributed by atoms with Crippen LogP contribution >= 0.6 is 0 Å². The van der Waals surface area contributed by atoms with Crippen molar-refractivity contribution in [3.05, 3.63) is 0 Å². The third kappa shape index (κ3) is 5.80. The summed E-state index contributed by atoms with van der Waals surface area (Å²) >= 11 is 0. The molecule has 0 aromatic carbocycles. The highest BCUT2D eigenvalue weighted by Crippen LogP contribution is 2.18. The van der Waals surface area contributed by atoms with Crippen molar-refractivity contribution >= 4 is 17.8 Å². The zero-order chi connectivity index (χ0) is 15.1. The van der Waals surface area contributed by atoms with E-state index >= 15 is 0 Å². The highest BCUT2D eigenvalue weighted by molar-refractivity contribution is 5.76. The van der Waals surface area contributed by atoms with Gasteiger partial charge < -0.3 is 21.1 Å². The molecule has 1 saturated carbocycles. The van der Waals surface area contributed by atoms with Gasteiger partial charge in [0.05, 0.1) is 6.61 Å². The maximum atomic E-state index is 11.5. The third-order valence-corrected chi connectivity index (χ3v) is 2.87. The average Bonchev–Trinajstić information content (AvgIpc) is 3.25. The number of amides is 1. The first kappa shape index (κ1) is 15.3. The summed E-state index contributed by atoms with van der Waals surface area (Å²) in [7, 11) is 0. The lowest BCUT2D eigenvalue weighted by Gasteiger charge is -2.08. The molecule has 21 heavy (non-hydrogen) atoms. The molecule has 0 spiro atoms. The van der Waals surface area contributed by atoms with Crippen LogP contribution in [0.4, 0.5) is 11.9 Å². The summed E-state index contributed by atoms with van der Waals surface area (Å²) in [6, 6.07) is 0.630. The lowest BCUT2D eigenvalue weighted by atomic mass is 10.3. The Bertz CT molecular complexity index is 478. The number of carbonyl (C=O) groups excluding carboxylic acids is 1. The SMILES string of the molecule is CCCOc1nc(N)nc(NCCCC(=O)NC2CC2)n1. The molecular weight excluding hydrogens is 272 g/mol. The van der Waals surface area contributed by atoms with Gasteiger partial charge in [0.25, 0.3) is 0 Å². The van der Waals surface area contributed by atoms with Gasteiger partial charge in [-0.05, 0) is 25.7 Å². The molecule has 0 atom stereocenters. The fraction of sp³-hybridized carbons (Fsp3) is 0.692. The van der Waals surface area contributed by atoms with Crippen LogP contribution in [0.1, 0.15) is 39.0 Å². The quantitative estimate of drug-likeness (QED) is 0.574. The molecule has 1 amide bonds. The zero-order valence-corrected chi connectivity index (χ0v) is 12.3. The number of nitrogens with zero attached hydrogens (tertiary/aromatic N) is 3. The van der Waals surface area contributed by atoms with Crippen molar-refractivity contribution in [2.45, 2.75) is 45.1 Å². The van der Waals surface area contributed by atoms with Gasteiger partial charge in [0, 0.05) is 19.0 Å². The Labute approximate surface area is 123 Å². The normalized spacial score (nSPS) is 13.8. The summed E-state index contributed by atoms with van der Waals surface area (Å²) < 4.78 is 5.33. The number of aromatic nitrogens is 3. The molecule has 1 aliphatic rings. The summed E-state index contributed by atoms with van der Waals surface area (Å²) in [5, 5.41) is 5.97. The lowest BCUT2D eigenvalue weighted by molar-refractivity contribution is -0.121. The Morgan fingerprint density at radius 1 is 1.38 bits per heavy atom. The maximum absolute atomic E-state index is 11.5. The van der Waals surface area contributed by atoms with Crippen molar-refractivity contribution in [2.24, 2.45) is 0 Å². The van der Waals surface area contributed by atoms with Crippen LogP contribution in [-0.2, 0) is 4.79 Å². The fourth-order valence-electron chi connectivity index (χ4n) is 1.69. The van der Waals surface area contributed by atoms with Crippen molar-refractivity contribution in [3.63, 3.8) is 0 Å². The van der Waals surface area contributed by atoms with Gasteiger partial charge in [0.2, 0.25) is 17.8 Å². The molecule has 0 aliphatic heterocycles. The summed E-state index contributed by atoms with van der Waals surface area (Å²) in [6.07, 6.45) is 4.27. The van der Waals surface area contributed by atoms with E-state index in [1.165, 1.54) is 0 Å². The van der Waals surface area contributed by atoms with E-state index in [4.69, 9.17) is 10.5 Å². The number of rotatable bonds is 9. The van der Waals surface area contributed by atoms with Gasteiger partial charge in [-0.15, -0.1) is 0 Å². The third-order valence-electron chi connectivity index (χ3n) is 2.87. The van der Waals surface area contributed by atoms with Crippen LogP contribution in [0, 0.1) is 0 Å². The second-order valence-corrected chi connectivity index (χ2v) is 5.02. The van der Waals surface area contributed by atoms with Crippen molar-refractivity contribution in [3.8, 4) is 6.01 Å². The van der Waals surface area contributed by atoms with Gasteiger partial charge in [-0.25, -0.2) is 0 Å². The minimum Gasteiger partial charge on any atom is -0.463 e. The van der Waals surface area contributed by atoms with Gasteiger partial charge in [0.1, 0.15) is 0 Å². The lowest BCUT2D eigenvalue weighted by Crippen LogP contribution is -2.25. The minimum absolute atomic E-state index is 0.0985. The Morgan fingerprint density at radius 3 is 2.90 bits per heavy atom. The van der Waals surface area contributed by atoms with E-state index < -0.39 is 0 Å². The minimum atomic E-state index is 0.0985. The predicted molar refractivity (Wildman–Crippen MR) is 78.9 cm³/mol. The van der Waals surface area contributed by atoms with Gasteiger partial charge in [0.15, 0.2) is 0 Å². The topological polar surface area (TPSA) is 115 Å². The number of nitrogens with one attached hydrogen (secondary N) is 2. The van der Waals surface area contributed by atoms with Crippen LogP contribution in [0.25, 0.3) is 0 Å². The number of nitrogens with two attached hydrogens (primary N) is 1. The standard InChI is InChI=1S/C13H22N6O2/c1-2-8-21-13-18-11(14)17-12(19-13)15-7-3-4-10(20)16-9-5-6-9/h9H,2-8H2,1H3,(H,16,20)(H3,14,15,17,18,19). The second kappa shape index (κ2) is 7.61. The van der Waals surface area contributed by atoms with Crippen molar-refractivity contribution in [1.82, 2.24) is 20.3 Å². The van der Waals surface area contributed by atoms with Crippen molar-refractivity contribution in [2.75, 3.05) is 24.2 Å². The van der Waals surface area contributed by atoms with Crippen LogP contribution in [0.3, 0.4) is 0 Å². The Morgan fingerprint density at radius 2 is 2.19 bits per heavy atom. The first-order valence-electron chi connectivity index (χ1n) is 7.35.